The minimum atomic E-state index is -1.14. The minimum absolute atomic E-state index is 0.0210. The van der Waals surface area contributed by atoms with Gasteiger partial charge in [-0.25, -0.2) is 0 Å². The second-order valence-electron chi connectivity index (χ2n) is 8.42. The maximum Gasteiger partial charge on any atom is 0.199 e. The van der Waals surface area contributed by atoms with E-state index in [0.717, 1.165) is 16.8 Å². The number of ether oxygens (including phenoxy) is 2. The first-order valence-electron chi connectivity index (χ1n) is 11.5. The lowest BCUT2D eigenvalue weighted by Crippen LogP contribution is -2.47. The van der Waals surface area contributed by atoms with Crippen LogP contribution in [-0.2, 0) is 10.3 Å². The van der Waals surface area contributed by atoms with Crippen molar-refractivity contribution in [3.8, 4) is 5.75 Å². The lowest BCUT2D eigenvalue weighted by molar-refractivity contribution is 0.0910. The number of nitrogens with zero attached hydrogens (tertiary/aromatic N) is 1. The molecule has 0 spiro atoms. The summed E-state index contributed by atoms with van der Waals surface area (Å²) in [6.45, 7) is 5.85. The smallest absolute Gasteiger partial charge is 0.199 e. The van der Waals surface area contributed by atoms with Crippen molar-refractivity contribution >= 4 is 34.7 Å². The second kappa shape index (κ2) is 12.5. The minimum Gasteiger partial charge on any atom is -0.491 e. The zero-order valence-corrected chi connectivity index (χ0v) is 21.9. The van der Waals surface area contributed by atoms with E-state index in [9.17, 15) is 15.0 Å². The molecule has 8 heteroatoms. The summed E-state index contributed by atoms with van der Waals surface area (Å²) >= 11 is 11.3. The average molecular weight is 532 g/mol. The van der Waals surface area contributed by atoms with Crippen LogP contribution in [0.5, 0.6) is 5.75 Å². The molecule has 0 amide bonds. The quantitative estimate of drug-likeness (QED) is 0.232. The molecular weight excluding hydrogens is 501 g/mol. The Bertz CT molecular complexity index is 1130. The fourth-order valence-electron chi connectivity index (χ4n) is 4.24. The number of hydrogen-bond acceptors (Lipinski definition) is 6. The van der Waals surface area contributed by atoms with Gasteiger partial charge in [-0.2, -0.15) is 0 Å². The summed E-state index contributed by atoms with van der Waals surface area (Å²) in [5, 5.41) is 19.3. The number of allylic oxidation sites excluding steroid dienone is 2. The van der Waals surface area contributed by atoms with Crippen LogP contribution in [0, 0.1) is 0 Å². The molecular formula is C28H31Cl2NO5. The number of Topliss-reactive ketones (excluding diaryl/α,β-unsaturated/α-hetero) is 1. The van der Waals surface area contributed by atoms with Gasteiger partial charge >= 0.3 is 0 Å². The summed E-state index contributed by atoms with van der Waals surface area (Å²) in [6, 6.07) is 14.7. The molecule has 0 saturated carbocycles. The van der Waals surface area contributed by atoms with Crippen LogP contribution in [0.2, 0.25) is 0 Å². The highest BCUT2D eigenvalue weighted by Crippen LogP contribution is 2.49. The number of benzene rings is 2. The van der Waals surface area contributed by atoms with Gasteiger partial charge in [-0.05, 0) is 48.4 Å². The van der Waals surface area contributed by atoms with Crippen LogP contribution in [0.1, 0.15) is 22.8 Å². The van der Waals surface area contributed by atoms with Gasteiger partial charge in [0.1, 0.15) is 36.9 Å². The van der Waals surface area contributed by atoms with Gasteiger partial charge in [0.15, 0.2) is 11.3 Å². The third-order valence-corrected chi connectivity index (χ3v) is 6.76. The lowest BCUT2D eigenvalue weighted by Gasteiger charge is -2.38. The fourth-order valence-corrected chi connectivity index (χ4v) is 4.41. The van der Waals surface area contributed by atoms with E-state index in [1.165, 1.54) is 0 Å². The topological polar surface area (TPSA) is 79.2 Å². The lowest BCUT2D eigenvalue weighted by atomic mass is 9.78. The van der Waals surface area contributed by atoms with E-state index in [0.29, 0.717) is 17.1 Å². The van der Waals surface area contributed by atoms with Crippen molar-refractivity contribution < 1.29 is 24.5 Å². The highest BCUT2D eigenvalue weighted by atomic mass is 35.5. The zero-order valence-electron chi connectivity index (χ0n) is 20.4. The Labute approximate surface area is 222 Å². The van der Waals surface area contributed by atoms with Crippen molar-refractivity contribution in [1.29, 1.82) is 0 Å². The molecule has 0 fully saturated rings. The molecule has 2 aromatic carbocycles. The summed E-state index contributed by atoms with van der Waals surface area (Å²) in [6.07, 6.45) is 3.80. The number of anilines is 1. The maximum absolute atomic E-state index is 14.1. The Morgan fingerprint density at radius 3 is 2.31 bits per heavy atom. The molecule has 6 nitrogen and oxygen atoms in total. The molecule has 1 heterocycles. The van der Waals surface area contributed by atoms with E-state index >= 15 is 0 Å². The predicted octanol–water partition coefficient (Wildman–Crippen LogP) is 4.83. The summed E-state index contributed by atoms with van der Waals surface area (Å²) in [5.74, 6) is 0.966. The van der Waals surface area contributed by atoms with Gasteiger partial charge in [0, 0.05) is 18.3 Å². The Hall–Kier alpha value is -2.77. The summed E-state index contributed by atoms with van der Waals surface area (Å²) in [7, 11) is 1.89. The van der Waals surface area contributed by atoms with E-state index in [2.05, 4.69) is 6.58 Å². The van der Waals surface area contributed by atoms with Gasteiger partial charge < -0.3 is 24.6 Å². The number of halogens is 2. The summed E-state index contributed by atoms with van der Waals surface area (Å²) in [5.41, 5.74) is 1.78. The molecule has 0 radical (unpaired) electrons. The van der Waals surface area contributed by atoms with E-state index in [1.807, 2.05) is 61.3 Å². The van der Waals surface area contributed by atoms with Crippen LogP contribution in [0.15, 0.2) is 84.7 Å². The zero-order chi connectivity index (χ0) is 26.3. The number of rotatable bonds is 12. The van der Waals surface area contributed by atoms with E-state index in [4.69, 9.17) is 32.7 Å². The molecule has 3 atom stereocenters. The molecule has 0 saturated heterocycles. The molecule has 0 aromatic heterocycles. The molecule has 192 valence electrons. The van der Waals surface area contributed by atoms with Crippen LogP contribution < -0.4 is 9.64 Å². The van der Waals surface area contributed by atoms with E-state index in [1.54, 1.807) is 24.3 Å². The molecule has 2 N–H and O–H groups in total. The highest BCUT2D eigenvalue weighted by molar-refractivity contribution is 6.18. The number of aliphatic hydroxyl groups is 2. The van der Waals surface area contributed by atoms with Crippen molar-refractivity contribution in [2.45, 2.75) is 24.7 Å². The number of ketones is 1. The van der Waals surface area contributed by atoms with Crippen LogP contribution in [0.4, 0.5) is 5.69 Å². The molecule has 3 rings (SSSR count). The number of likely N-dealkylation sites (N-methyl/N-ethyl adjacent to an activating group) is 1. The Morgan fingerprint density at radius 1 is 1.06 bits per heavy atom. The Kier molecular flexibility index (Phi) is 9.63. The van der Waals surface area contributed by atoms with Crippen molar-refractivity contribution in [2.24, 2.45) is 0 Å². The summed E-state index contributed by atoms with van der Waals surface area (Å²) < 4.78 is 11.1. The third-order valence-electron chi connectivity index (χ3n) is 6.05. The second-order valence-corrected chi connectivity index (χ2v) is 9.04. The van der Waals surface area contributed by atoms with Crippen LogP contribution >= 0.6 is 23.2 Å². The van der Waals surface area contributed by atoms with Crippen molar-refractivity contribution in [1.82, 2.24) is 0 Å². The highest BCUT2D eigenvalue weighted by Gasteiger charge is 2.52. The largest absolute Gasteiger partial charge is 0.491 e. The Balaban J connectivity index is 2.00. The van der Waals surface area contributed by atoms with Gasteiger partial charge in [0.05, 0.1) is 11.8 Å². The van der Waals surface area contributed by atoms with Crippen LogP contribution in [0.3, 0.4) is 0 Å². The first-order valence-corrected chi connectivity index (χ1v) is 12.6. The molecule has 1 aliphatic rings. The summed E-state index contributed by atoms with van der Waals surface area (Å²) in [4.78, 5) is 16.0. The van der Waals surface area contributed by atoms with Crippen molar-refractivity contribution in [3.63, 3.8) is 0 Å². The monoisotopic (exact) mass is 531 g/mol. The fraction of sp³-hybridized carbons (Fsp3) is 0.321. The molecule has 3 unspecified atom stereocenters. The van der Waals surface area contributed by atoms with Gasteiger partial charge in [-0.3, -0.25) is 4.79 Å². The number of alkyl halides is 2. The molecule has 36 heavy (non-hydrogen) atoms. The van der Waals surface area contributed by atoms with Crippen molar-refractivity contribution in [2.75, 3.05) is 36.9 Å². The number of carbonyl (C=O) groups is 1. The maximum atomic E-state index is 14.1. The SMILES string of the molecule is C=C(/C=C\C(=C/C)C1(c2ccc(OCC(O)CCl)cc2)C(=O)c2ccccc2N1C)OCC(O)CCl. The third kappa shape index (κ3) is 5.62. The van der Waals surface area contributed by atoms with E-state index < -0.39 is 17.7 Å². The molecule has 2 aromatic rings. The van der Waals surface area contributed by atoms with Gasteiger partial charge in [0.2, 0.25) is 0 Å². The first-order chi connectivity index (χ1) is 17.3. The standard InChI is InChI=1S/C28H31Cl2NO5/c1-4-20(10-9-19(2)35-17-22(32)15-29)28(27(34)25-7-5-6-8-26(25)31(28)3)21-11-13-24(14-12-21)36-18-23(33)16-30/h4-14,22-23,32-33H,2,15-18H2,1,3H3/b10-9-,20-4+. The number of hydrogen-bond donors (Lipinski definition) is 2. The average Bonchev–Trinajstić information content (AvgIpc) is 3.13. The predicted molar refractivity (Wildman–Crippen MR) is 144 cm³/mol. The number of fused-ring (bicyclic) bond motifs is 1. The van der Waals surface area contributed by atoms with Crippen molar-refractivity contribution in [3.05, 3.63) is 95.8 Å². The molecule has 0 bridgehead atoms. The van der Waals surface area contributed by atoms with Crippen LogP contribution in [0.25, 0.3) is 0 Å². The molecule has 1 aliphatic heterocycles. The normalized spacial score (nSPS) is 19.3. The van der Waals surface area contributed by atoms with Gasteiger partial charge in [-0.1, -0.05) is 43.0 Å². The van der Waals surface area contributed by atoms with E-state index in [-0.39, 0.29) is 30.8 Å². The van der Waals surface area contributed by atoms with Crippen LogP contribution in [-0.4, -0.2) is 60.2 Å². The first kappa shape index (κ1) is 27.8. The number of para-hydroxylation sites is 1. The van der Waals surface area contributed by atoms with Gasteiger partial charge in [0.25, 0.3) is 0 Å². The number of aliphatic hydroxyl groups excluding tert-OH is 2. The number of carbonyl (C=O) groups excluding carboxylic acids is 1. The van der Waals surface area contributed by atoms with Gasteiger partial charge in [-0.15, -0.1) is 23.2 Å². The molecule has 0 aliphatic carbocycles. The Morgan fingerprint density at radius 2 is 1.69 bits per heavy atom.